The fraction of sp³-hybridized carbons (Fsp3) is 0.273. The molecule has 0 aliphatic rings. The van der Waals surface area contributed by atoms with E-state index in [0.717, 1.165) is 17.8 Å². The van der Waals surface area contributed by atoms with Crippen LogP contribution < -0.4 is 5.32 Å². The first-order valence-electron chi connectivity index (χ1n) is 9.58. The molecule has 3 heterocycles. The van der Waals surface area contributed by atoms with E-state index in [0.29, 0.717) is 29.4 Å². The Morgan fingerprint density at radius 2 is 2.17 bits per heavy atom. The Bertz CT molecular complexity index is 1060. The summed E-state index contributed by atoms with van der Waals surface area (Å²) >= 11 is 0. The molecule has 0 aromatic carbocycles. The van der Waals surface area contributed by atoms with Crippen LogP contribution in [0.5, 0.6) is 0 Å². The molecule has 0 radical (unpaired) electrons. The Morgan fingerprint density at radius 3 is 2.79 bits per heavy atom. The Morgan fingerprint density at radius 1 is 1.34 bits per heavy atom. The molecule has 0 aliphatic carbocycles. The minimum absolute atomic E-state index is 0.0632. The number of fused-ring (bicyclic) bond motifs is 1. The monoisotopic (exact) mass is 391 g/mol. The molecule has 1 unspecified atom stereocenters. The summed E-state index contributed by atoms with van der Waals surface area (Å²) in [6, 6.07) is 3.55. The summed E-state index contributed by atoms with van der Waals surface area (Å²) in [4.78, 5) is 21.0. The molecule has 0 fully saturated rings. The fourth-order valence-corrected chi connectivity index (χ4v) is 3.03. The number of rotatable bonds is 8. The molecule has 150 valence electrons. The number of carbonyl (C=O) groups excluding carboxylic acids is 1. The maximum Gasteiger partial charge on any atom is 0.264 e. The summed E-state index contributed by atoms with van der Waals surface area (Å²) < 4.78 is 7.27. The summed E-state index contributed by atoms with van der Waals surface area (Å²) in [7, 11) is 0. The van der Waals surface area contributed by atoms with Crippen LogP contribution in [-0.4, -0.2) is 25.5 Å². The zero-order chi connectivity index (χ0) is 20.8. The summed E-state index contributed by atoms with van der Waals surface area (Å²) in [5.74, 6) is 1.20. The average Bonchev–Trinajstić information content (AvgIpc) is 3.30. The van der Waals surface area contributed by atoms with Crippen LogP contribution in [0.3, 0.4) is 0 Å². The van der Waals surface area contributed by atoms with Gasteiger partial charge in [-0.15, -0.1) is 5.10 Å². The van der Waals surface area contributed by atoms with Gasteiger partial charge in [0.25, 0.3) is 5.89 Å². The molecule has 29 heavy (non-hydrogen) atoms. The van der Waals surface area contributed by atoms with E-state index in [1.54, 1.807) is 29.0 Å². The van der Waals surface area contributed by atoms with Crippen molar-refractivity contribution in [2.75, 3.05) is 5.32 Å². The van der Waals surface area contributed by atoms with Gasteiger partial charge in [0.15, 0.2) is 0 Å². The lowest BCUT2D eigenvalue weighted by atomic mass is 9.92. The zero-order valence-corrected chi connectivity index (χ0v) is 16.9. The summed E-state index contributed by atoms with van der Waals surface area (Å²) in [6.45, 7) is 9.74. The number of hydrogen-bond acceptors (Lipinski definition) is 5. The highest BCUT2D eigenvalue weighted by Gasteiger charge is 2.16. The predicted molar refractivity (Wildman–Crippen MR) is 113 cm³/mol. The van der Waals surface area contributed by atoms with Gasteiger partial charge in [-0.25, -0.2) is 9.97 Å². The molecule has 3 aromatic rings. The van der Waals surface area contributed by atoms with E-state index in [2.05, 4.69) is 33.9 Å². The largest absolute Gasteiger partial charge is 0.415 e. The van der Waals surface area contributed by atoms with Crippen molar-refractivity contribution in [2.24, 2.45) is 5.92 Å². The lowest BCUT2D eigenvalue weighted by Gasteiger charge is -2.16. The summed E-state index contributed by atoms with van der Waals surface area (Å²) in [6.07, 6.45) is 12.2. The third-order valence-corrected chi connectivity index (χ3v) is 4.65. The molecule has 3 aromatic heterocycles. The van der Waals surface area contributed by atoms with Crippen molar-refractivity contribution in [1.29, 1.82) is 0 Å². The van der Waals surface area contributed by atoms with E-state index in [9.17, 15) is 4.79 Å². The van der Waals surface area contributed by atoms with Gasteiger partial charge in [0.2, 0.25) is 11.6 Å². The second-order valence-electron chi connectivity index (χ2n) is 6.65. The molecular weight excluding hydrogens is 366 g/mol. The molecule has 0 aliphatic heterocycles. The van der Waals surface area contributed by atoms with E-state index >= 15 is 0 Å². The zero-order valence-electron chi connectivity index (χ0n) is 16.9. The fourth-order valence-electron chi connectivity index (χ4n) is 3.03. The minimum Gasteiger partial charge on any atom is -0.415 e. The molecule has 3 rings (SSSR count). The van der Waals surface area contributed by atoms with Gasteiger partial charge >= 0.3 is 0 Å². The molecule has 1 amide bonds. The Balaban J connectivity index is 1.67. The van der Waals surface area contributed by atoms with Gasteiger partial charge in [-0.1, -0.05) is 37.8 Å². The van der Waals surface area contributed by atoms with Crippen LogP contribution in [0, 0.1) is 12.8 Å². The second-order valence-corrected chi connectivity index (χ2v) is 6.65. The highest BCUT2D eigenvalue weighted by atomic mass is 16.4. The summed E-state index contributed by atoms with van der Waals surface area (Å²) in [5, 5.41) is 7.26. The van der Waals surface area contributed by atoms with Gasteiger partial charge in [0.05, 0.1) is 18.1 Å². The smallest absolute Gasteiger partial charge is 0.264 e. The highest BCUT2D eigenvalue weighted by Crippen LogP contribution is 2.23. The molecule has 1 atom stereocenters. The number of aromatic nitrogens is 4. The van der Waals surface area contributed by atoms with Crippen LogP contribution in [0.4, 0.5) is 5.69 Å². The van der Waals surface area contributed by atoms with Gasteiger partial charge in [0, 0.05) is 6.42 Å². The number of nitrogens with one attached hydrogen (secondary N) is 1. The number of allylic oxidation sites excluding steroid dienone is 5. The predicted octanol–water partition coefficient (Wildman–Crippen LogP) is 4.74. The first-order valence-corrected chi connectivity index (χ1v) is 9.58. The molecule has 0 saturated heterocycles. The lowest BCUT2D eigenvalue weighted by molar-refractivity contribution is -0.116. The van der Waals surface area contributed by atoms with E-state index in [1.807, 2.05) is 38.2 Å². The summed E-state index contributed by atoms with van der Waals surface area (Å²) in [5.41, 5.74) is 2.83. The van der Waals surface area contributed by atoms with Crippen molar-refractivity contribution in [1.82, 2.24) is 19.6 Å². The normalized spacial score (nSPS) is 13.1. The number of aryl methyl sites for hydroxylation is 1. The topological polar surface area (TPSA) is 85.3 Å². The van der Waals surface area contributed by atoms with Crippen LogP contribution in [0.25, 0.3) is 17.3 Å². The van der Waals surface area contributed by atoms with Crippen molar-refractivity contribution in [3.8, 4) is 11.6 Å². The molecule has 1 N–H and O–H groups in total. The Hall–Kier alpha value is -3.48. The van der Waals surface area contributed by atoms with E-state index in [1.165, 1.54) is 0 Å². The van der Waals surface area contributed by atoms with Crippen molar-refractivity contribution in [3.05, 3.63) is 66.8 Å². The third-order valence-electron chi connectivity index (χ3n) is 4.65. The van der Waals surface area contributed by atoms with Crippen LogP contribution in [0.2, 0.25) is 0 Å². The van der Waals surface area contributed by atoms with Gasteiger partial charge in [-0.05, 0) is 43.9 Å². The van der Waals surface area contributed by atoms with Crippen LogP contribution in [0.15, 0.2) is 65.4 Å². The molecule has 0 saturated carbocycles. The van der Waals surface area contributed by atoms with Crippen LogP contribution in [0.1, 0.15) is 32.5 Å². The molecular formula is C22H25N5O2. The van der Waals surface area contributed by atoms with E-state index in [-0.39, 0.29) is 11.8 Å². The van der Waals surface area contributed by atoms with Crippen molar-refractivity contribution < 1.29 is 9.21 Å². The molecule has 7 heteroatoms. The van der Waals surface area contributed by atoms with Gasteiger partial charge < -0.3 is 9.73 Å². The number of nitrogens with zero attached hydrogens (tertiary/aromatic N) is 4. The third kappa shape index (κ3) is 4.68. The molecule has 0 bridgehead atoms. The lowest BCUT2D eigenvalue weighted by Crippen LogP contribution is -2.17. The molecule has 7 nitrogen and oxygen atoms in total. The molecule has 0 spiro atoms. The number of anilines is 1. The maximum absolute atomic E-state index is 12.5. The number of carbonyl (C=O) groups is 1. The van der Waals surface area contributed by atoms with E-state index in [4.69, 9.17) is 4.42 Å². The van der Waals surface area contributed by atoms with Crippen molar-refractivity contribution in [3.63, 3.8) is 0 Å². The quantitative estimate of drug-likeness (QED) is 0.561. The number of amides is 1. The van der Waals surface area contributed by atoms with Crippen molar-refractivity contribution in [2.45, 2.75) is 33.6 Å². The van der Waals surface area contributed by atoms with Crippen LogP contribution in [-0.2, 0) is 4.79 Å². The number of hydrogen-bond donors (Lipinski definition) is 1. The van der Waals surface area contributed by atoms with E-state index < -0.39 is 0 Å². The standard InChI is InChI=1S/C22H25N5O2/c1-5-8-9-16(6-2)17(7-3)12-20(28)25-18-10-11-19(24-13-18)22-26-27-15(4)23-14-21(27)29-22/h5-6,8-11,13-14,17H,2,7,12H2,1,3-4H3,(H,25,28)/b8-5-,16-9+. The first kappa shape index (κ1) is 20.3. The Labute approximate surface area is 169 Å². The highest BCUT2D eigenvalue weighted by molar-refractivity contribution is 5.91. The van der Waals surface area contributed by atoms with Crippen LogP contribution >= 0.6 is 0 Å². The first-order chi connectivity index (χ1) is 14.0. The maximum atomic E-state index is 12.5. The minimum atomic E-state index is -0.0632. The van der Waals surface area contributed by atoms with Gasteiger partial charge in [-0.3, -0.25) is 4.79 Å². The van der Waals surface area contributed by atoms with Crippen molar-refractivity contribution >= 4 is 17.3 Å². The number of imidazole rings is 1. The Kier molecular flexibility index (Phi) is 6.39. The second kappa shape index (κ2) is 9.14. The van der Waals surface area contributed by atoms with Gasteiger partial charge in [0.1, 0.15) is 11.5 Å². The number of pyridine rings is 1. The van der Waals surface area contributed by atoms with Gasteiger partial charge in [-0.2, -0.15) is 4.52 Å². The SMILES string of the molecule is C=C/C(=C\C=C/C)C(CC)CC(=O)Nc1ccc(-c2nn3c(C)ncc3o2)nc1. The average molecular weight is 391 g/mol.